The maximum atomic E-state index is 11.7. The standard InChI is InChI=1S/C12H14BrNO3/c1-4-17-12(16)11(15)8-5-6-10(14(2)3)9(13)7-8/h5-7H,4H2,1-3H3. The minimum atomic E-state index is -0.822. The molecule has 0 saturated carbocycles. The minimum absolute atomic E-state index is 0.196. The monoisotopic (exact) mass is 299 g/mol. The molecule has 0 aliphatic carbocycles. The minimum Gasteiger partial charge on any atom is -0.460 e. The predicted molar refractivity (Wildman–Crippen MR) is 69.4 cm³/mol. The number of carbonyl (C=O) groups is 2. The van der Waals surface area contributed by atoms with Gasteiger partial charge in [-0.2, -0.15) is 0 Å². The van der Waals surface area contributed by atoms with Crippen LogP contribution in [-0.2, 0) is 9.53 Å². The van der Waals surface area contributed by atoms with Crippen molar-refractivity contribution < 1.29 is 14.3 Å². The first-order chi connectivity index (χ1) is 7.97. The van der Waals surface area contributed by atoms with E-state index in [2.05, 4.69) is 20.7 Å². The highest BCUT2D eigenvalue weighted by molar-refractivity contribution is 9.10. The molecule has 0 aliphatic heterocycles. The average Bonchev–Trinajstić information content (AvgIpc) is 2.27. The van der Waals surface area contributed by atoms with Gasteiger partial charge < -0.3 is 9.64 Å². The van der Waals surface area contributed by atoms with E-state index in [0.29, 0.717) is 5.56 Å². The van der Waals surface area contributed by atoms with Gasteiger partial charge >= 0.3 is 5.97 Å². The van der Waals surface area contributed by atoms with Crippen LogP contribution < -0.4 is 4.90 Å². The van der Waals surface area contributed by atoms with E-state index in [0.717, 1.165) is 10.2 Å². The number of benzene rings is 1. The van der Waals surface area contributed by atoms with Crippen LogP contribution in [0.5, 0.6) is 0 Å². The van der Waals surface area contributed by atoms with Gasteiger partial charge in [0.15, 0.2) is 0 Å². The summed E-state index contributed by atoms with van der Waals surface area (Å²) in [4.78, 5) is 24.8. The molecule has 1 aromatic carbocycles. The van der Waals surface area contributed by atoms with Gasteiger partial charge in [0.2, 0.25) is 0 Å². The summed E-state index contributed by atoms with van der Waals surface area (Å²) in [5.41, 5.74) is 1.26. The number of hydrogen-bond donors (Lipinski definition) is 0. The Kier molecular flexibility index (Phi) is 4.69. The van der Waals surface area contributed by atoms with Gasteiger partial charge in [0.1, 0.15) is 0 Å². The molecule has 17 heavy (non-hydrogen) atoms. The smallest absolute Gasteiger partial charge is 0.379 e. The van der Waals surface area contributed by atoms with Crippen LogP contribution in [0.2, 0.25) is 0 Å². The van der Waals surface area contributed by atoms with Gasteiger partial charge in [-0.05, 0) is 41.1 Å². The Labute approximate surface area is 109 Å². The summed E-state index contributed by atoms with van der Waals surface area (Å²) in [6.07, 6.45) is 0. The Morgan fingerprint density at radius 3 is 2.47 bits per heavy atom. The molecule has 1 aromatic rings. The van der Waals surface area contributed by atoms with Gasteiger partial charge in [-0.1, -0.05) is 0 Å². The Morgan fingerprint density at radius 2 is 2.00 bits per heavy atom. The summed E-state index contributed by atoms with van der Waals surface area (Å²) < 4.78 is 5.42. The first-order valence-corrected chi connectivity index (χ1v) is 5.95. The third kappa shape index (κ3) is 3.30. The van der Waals surface area contributed by atoms with E-state index in [1.165, 1.54) is 0 Å². The number of halogens is 1. The average molecular weight is 300 g/mol. The molecular weight excluding hydrogens is 286 g/mol. The highest BCUT2D eigenvalue weighted by Gasteiger charge is 2.18. The molecule has 0 aliphatic rings. The molecule has 0 radical (unpaired) electrons. The zero-order chi connectivity index (χ0) is 13.0. The second-order valence-electron chi connectivity index (χ2n) is 3.61. The molecule has 0 heterocycles. The molecule has 0 unspecified atom stereocenters. The van der Waals surface area contributed by atoms with Gasteiger partial charge in [0.05, 0.1) is 12.3 Å². The lowest BCUT2D eigenvalue weighted by atomic mass is 10.1. The first kappa shape index (κ1) is 13.7. The van der Waals surface area contributed by atoms with Crippen LogP contribution in [0.3, 0.4) is 0 Å². The fraction of sp³-hybridized carbons (Fsp3) is 0.333. The number of rotatable bonds is 4. The molecule has 0 atom stereocenters. The summed E-state index contributed by atoms with van der Waals surface area (Å²) in [6, 6.07) is 5.00. The van der Waals surface area contributed by atoms with Crippen LogP contribution in [-0.4, -0.2) is 32.5 Å². The van der Waals surface area contributed by atoms with Crippen molar-refractivity contribution in [3.8, 4) is 0 Å². The molecule has 0 spiro atoms. The number of ketones is 1. The summed E-state index contributed by atoms with van der Waals surface area (Å²) in [6.45, 7) is 1.86. The molecule has 5 heteroatoms. The van der Waals surface area contributed by atoms with Crippen LogP contribution in [0, 0.1) is 0 Å². The predicted octanol–water partition coefficient (Wildman–Crippen LogP) is 2.26. The topological polar surface area (TPSA) is 46.6 Å². The number of hydrogen-bond acceptors (Lipinski definition) is 4. The van der Waals surface area contributed by atoms with Gasteiger partial charge in [-0.3, -0.25) is 4.79 Å². The highest BCUT2D eigenvalue weighted by Crippen LogP contribution is 2.25. The third-order valence-corrected chi connectivity index (χ3v) is 2.79. The van der Waals surface area contributed by atoms with Crippen LogP contribution in [0.1, 0.15) is 17.3 Å². The van der Waals surface area contributed by atoms with E-state index < -0.39 is 11.8 Å². The second-order valence-corrected chi connectivity index (χ2v) is 4.46. The molecule has 0 bridgehead atoms. The molecular formula is C12H14BrNO3. The van der Waals surface area contributed by atoms with E-state index >= 15 is 0 Å². The van der Waals surface area contributed by atoms with Crippen molar-refractivity contribution in [1.82, 2.24) is 0 Å². The lowest BCUT2D eigenvalue weighted by Gasteiger charge is -2.14. The first-order valence-electron chi connectivity index (χ1n) is 5.15. The number of anilines is 1. The molecule has 92 valence electrons. The zero-order valence-corrected chi connectivity index (χ0v) is 11.6. The van der Waals surface area contributed by atoms with Crippen molar-refractivity contribution in [2.75, 3.05) is 25.6 Å². The van der Waals surface area contributed by atoms with Crippen molar-refractivity contribution in [2.24, 2.45) is 0 Å². The van der Waals surface area contributed by atoms with Crippen LogP contribution >= 0.6 is 15.9 Å². The van der Waals surface area contributed by atoms with Crippen LogP contribution in [0.4, 0.5) is 5.69 Å². The van der Waals surface area contributed by atoms with Crippen molar-refractivity contribution in [3.05, 3.63) is 28.2 Å². The fourth-order valence-electron chi connectivity index (χ4n) is 1.33. The maximum absolute atomic E-state index is 11.7. The van der Waals surface area contributed by atoms with Gasteiger partial charge in [-0.15, -0.1) is 0 Å². The molecule has 4 nitrogen and oxygen atoms in total. The third-order valence-electron chi connectivity index (χ3n) is 2.15. The lowest BCUT2D eigenvalue weighted by molar-refractivity contribution is -0.137. The summed E-state index contributed by atoms with van der Waals surface area (Å²) in [5, 5.41) is 0. The quantitative estimate of drug-likeness (QED) is 0.486. The SMILES string of the molecule is CCOC(=O)C(=O)c1ccc(N(C)C)c(Br)c1. The number of esters is 1. The summed E-state index contributed by atoms with van der Waals surface area (Å²) in [7, 11) is 3.79. The second kappa shape index (κ2) is 5.82. The molecule has 1 rings (SSSR count). The fourth-order valence-corrected chi connectivity index (χ4v) is 2.06. The van der Waals surface area contributed by atoms with E-state index in [-0.39, 0.29) is 6.61 Å². The normalized spacial score (nSPS) is 9.88. The number of ether oxygens (including phenoxy) is 1. The van der Waals surface area contributed by atoms with E-state index in [1.54, 1.807) is 25.1 Å². The Hall–Kier alpha value is -1.36. The van der Waals surface area contributed by atoms with Crippen molar-refractivity contribution in [1.29, 1.82) is 0 Å². The zero-order valence-electron chi connectivity index (χ0n) is 9.99. The largest absolute Gasteiger partial charge is 0.460 e. The summed E-state index contributed by atoms with van der Waals surface area (Å²) >= 11 is 3.36. The van der Waals surface area contributed by atoms with E-state index in [9.17, 15) is 9.59 Å². The van der Waals surface area contributed by atoms with Crippen molar-refractivity contribution in [3.63, 3.8) is 0 Å². The lowest BCUT2D eigenvalue weighted by Crippen LogP contribution is -2.18. The van der Waals surface area contributed by atoms with Gasteiger partial charge in [0, 0.05) is 24.1 Å². The molecule has 0 amide bonds. The van der Waals surface area contributed by atoms with Gasteiger partial charge in [-0.25, -0.2) is 4.79 Å². The highest BCUT2D eigenvalue weighted by atomic mass is 79.9. The Bertz CT molecular complexity index is 443. The maximum Gasteiger partial charge on any atom is 0.379 e. The molecule has 0 saturated heterocycles. The number of carbonyl (C=O) groups excluding carboxylic acids is 2. The number of nitrogens with zero attached hydrogens (tertiary/aromatic N) is 1. The van der Waals surface area contributed by atoms with Crippen LogP contribution in [0.25, 0.3) is 0 Å². The van der Waals surface area contributed by atoms with Crippen molar-refractivity contribution >= 4 is 33.4 Å². The van der Waals surface area contributed by atoms with Crippen LogP contribution in [0.15, 0.2) is 22.7 Å². The molecule has 0 aromatic heterocycles. The van der Waals surface area contributed by atoms with E-state index in [1.807, 2.05) is 19.0 Å². The summed E-state index contributed by atoms with van der Waals surface area (Å²) in [5.74, 6) is -1.45. The Balaban J connectivity index is 2.98. The van der Waals surface area contributed by atoms with Crippen molar-refractivity contribution in [2.45, 2.75) is 6.92 Å². The number of Topliss-reactive ketones (excluding diaryl/α,β-unsaturated/α-hetero) is 1. The van der Waals surface area contributed by atoms with Gasteiger partial charge in [0.25, 0.3) is 5.78 Å². The van der Waals surface area contributed by atoms with E-state index in [4.69, 9.17) is 0 Å². The Morgan fingerprint density at radius 1 is 1.35 bits per heavy atom. The molecule has 0 fully saturated rings. The molecule has 0 N–H and O–H groups in total.